The van der Waals surface area contributed by atoms with Gasteiger partial charge in [-0.15, -0.1) is 22.7 Å². The number of allylic oxidation sites excluding steroid dienone is 4. The van der Waals surface area contributed by atoms with E-state index in [1.54, 1.807) is 53.9 Å². The molecule has 399 valence electrons. The van der Waals surface area contributed by atoms with Crippen LogP contribution in [0.2, 0.25) is 0 Å². The molecule has 0 aliphatic heterocycles. The van der Waals surface area contributed by atoms with Gasteiger partial charge in [0, 0.05) is 52.8 Å². The molecule has 4 saturated carbocycles. The molecular weight excluding hydrogens is 997 g/mol. The second-order valence-corrected chi connectivity index (χ2v) is 24.8. The van der Waals surface area contributed by atoms with Crippen LogP contribution in [-0.4, -0.2) is 65.8 Å². The van der Waals surface area contributed by atoms with Crippen LogP contribution in [-0.2, 0) is 36.7 Å². The molecule has 4 aromatic rings. The number of hydrogen-bond donors (Lipinski definition) is 2. The van der Waals surface area contributed by atoms with Gasteiger partial charge in [-0.2, -0.15) is 0 Å². The molecule has 9 nitrogen and oxygen atoms in total. The number of thiazole rings is 2. The van der Waals surface area contributed by atoms with E-state index in [-0.39, 0.29) is 98.3 Å². The first kappa shape index (κ1) is 60.9. The van der Waals surface area contributed by atoms with Gasteiger partial charge < -0.3 is 21.1 Å². The second-order valence-electron chi connectivity index (χ2n) is 22.8. The normalized spacial score (nSPS) is 32.8. The van der Waals surface area contributed by atoms with Crippen molar-refractivity contribution in [2.24, 2.45) is 57.2 Å². The molecule has 4 fully saturated rings. The quantitative estimate of drug-likeness (QED) is 0.117. The van der Waals surface area contributed by atoms with Crippen molar-refractivity contribution < 1.29 is 73.8 Å². The second kappa shape index (κ2) is 23.9. The number of aliphatic hydroxyl groups is 2. The molecule has 15 heteroatoms. The third kappa shape index (κ3) is 11.2. The van der Waals surface area contributed by atoms with Crippen molar-refractivity contribution in [1.29, 1.82) is 0 Å². The number of hydrogen-bond acceptors (Lipinski definition) is 11. The van der Waals surface area contributed by atoms with Crippen LogP contribution in [0.1, 0.15) is 156 Å². The minimum Gasteiger partial charge on any atom is -1.00 e. The summed E-state index contributed by atoms with van der Waals surface area (Å²) in [5.74, 6) is 2.34. The first-order valence-corrected chi connectivity index (χ1v) is 27.9. The number of rotatable bonds is 3. The molecule has 8 aliphatic rings. The Hall–Kier alpha value is -3.37. The van der Waals surface area contributed by atoms with Gasteiger partial charge >= 0.3 is 47.5 Å². The van der Waals surface area contributed by atoms with Gasteiger partial charge in [0.2, 0.25) is 0 Å². The Kier molecular flexibility index (Phi) is 19.4. The number of carbonyl (C=O) groups excluding carboxylic acids is 3. The van der Waals surface area contributed by atoms with Crippen molar-refractivity contribution in [1.82, 2.24) is 9.97 Å². The Balaban J connectivity index is 0.000000233. The zero-order chi connectivity index (χ0) is 51.5. The largest absolute Gasteiger partial charge is 1.00 e. The van der Waals surface area contributed by atoms with Crippen molar-refractivity contribution in [3.05, 3.63) is 93.5 Å². The van der Waals surface area contributed by atoms with Gasteiger partial charge in [0.15, 0.2) is 0 Å². The van der Waals surface area contributed by atoms with Gasteiger partial charge in [0.25, 0.3) is 0 Å². The summed E-state index contributed by atoms with van der Waals surface area (Å²) in [5, 5.41) is 19.6. The maximum absolute atomic E-state index is 13.8. The summed E-state index contributed by atoms with van der Waals surface area (Å²) in [6, 6.07) is 13.6. The van der Waals surface area contributed by atoms with E-state index in [1.807, 2.05) is 12.1 Å². The van der Waals surface area contributed by atoms with E-state index in [0.717, 1.165) is 92.5 Å². The molecule has 8 aliphatic carbocycles. The molecule has 0 spiro atoms. The Bertz CT molecular complexity index is 2800. The van der Waals surface area contributed by atoms with E-state index in [9.17, 15) is 28.3 Å². The van der Waals surface area contributed by atoms with Gasteiger partial charge in [0.05, 0.1) is 27.2 Å². The van der Waals surface area contributed by atoms with E-state index in [2.05, 4.69) is 44.6 Å². The number of benzene rings is 2. The average Bonchev–Trinajstić information content (AvgIpc) is 4.12. The van der Waals surface area contributed by atoms with E-state index < -0.39 is 11.9 Å². The molecule has 0 unspecified atom stereocenters. The molecule has 2 N–H and O–H groups in total. The smallest absolute Gasteiger partial charge is 1.00 e. The Morgan fingerprint density at radius 2 is 1.08 bits per heavy atom. The van der Waals surface area contributed by atoms with Crippen LogP contribution in [0.4, 0.5) is 8.78 Å². The summed E-state index contributed by atoms with van der Waals surface area (Å²) >= 11 is 3.50. The van der Waals surface area contributed by atoms with Crippen LogP contribution in [0.15, 0.2) is 60.7 Å². The topological polar surface area (TPSA) is 136 Å². The fraction of sp³-hybridized carbons (Fsp3) is 0.583. The predicted octanol–water partition coefficient (Wildman–Crippen LogP) is 10.6. The molecule has 12 atom stereocenters. The molecule has 12 rings (SSSR count). The fourth-order valence-corrected chi connectivity index (χ4v) is 18.3. The SMILES string of the molecule is C.CC(=O)OC(C)=O.CC(=O)O[C@H]1CC[C@H]2[C@@H]3CC=C4c5sc(-c6cccc(F)c6)nc5CC[C@]4(C)[C@H]3CC[C@]12C.CO.C[C@]12CC[C@H]3[C@@H](CC=C4c5sc(-c6cccc(F)c6)nc5CC[C@@]43C)[C@@H]1CC[C@@H]2O.[B].[H-].[Na+]. The monoisotopic (exact) mass is 1070 g/mol. The number of nitrogens with zero attached hydrogens (tertiary/aromatic N) is 2. The molecule has 0 bridgehead atoms. The zero-order valence-electron chi connectivity index (χ0n) is 45.8. The molecule has 2 aromatic carbocycles. The summed E-state index contributed by atoms with van der Waals surface area (Å²) in [7, 11) is 1.00. The molecule has 75 heavy (non-hydrogen) atoms. The first-order valence-electron chi connectivity index (χ1n) is 26.2. The van der Waals surface area contributed by atoms with Crippen LogP contribution in [0.5, 0.6) is 0 Å². The molecule has 0 saturated heterocycles. The Labute approximate surface area is 477 Å². The van der Waals surface area contributed by atoms with Gasteiger partial charge in [0.1, 0.15) is 27.8 Å². The van der Waals surface area contributed by atoms with Crippen LogP contribution >= 0.6 is 22.7 Å². The molecule has 2 aromatic heterocycles. The number of aryl methyl sites for hydroxylation is 2. The van der Waals surface area contributed by atoms with Gasteiger partial charge in [-0.1, -0.05) is 71.5 Å². The number of carbonyl (C=O) groups is 3. The summed E-state index contributed by atoms with van der Waals surface area (Å²) in [6.07, 6.45) is 20.6. The Morgan fingerprint density at radius 3 is 1.51 bits per heavy atom. The van der Waals surface area contributed by atoms with Crippen molar-refractivity contribution in [2.45, 2.75) is 158 Å². The fourth-order valence-electron chi connectivity index (χ4n) is 15.8. The van der Waals surface area contributed by atoms with Gasteiger partial charge in [-0.3, -0.25) is 14.4 Å². The standard InChI is InChI=1S/C28H32FNO2S.C26H30FNOS.C4H6O3.CH4O.CH4.B.Na.H/c1-16(31)32-24-10-9-20-19-7-8-22-25-23(30-26(33-25)17-5-4-6-18(29)15-17)12-14-27(22,2)21(19)11-13-28(20,24)3;1-25-13-11-21-23(30-24(28-21)15-4-3-5-16(27)14-15)20(25)7-6-17-18-8-9-22(29)26(18,2)12-10-19(17)25;1-3(5)7-4(2)6;1-2;;;;/h4-6,8,15,19-21,24H,7,9-14H2,1-3H3;3-5,7,14,17-19,22,29H,6,8-13H2,1-2H3;1-2H3;2H,1H3;1H4;;;/q;;;;;;+1;-1/t19-,20-,21-,24-,27+,28-;17-,18-,19-,22-,25+,26-;;;;;;/m00....../s1. The maximum atomic E-state index is 13.8. The van der Waals surface area contributed by atoms with E-state index in [4.69, 9.17) is 19.8 Å². The molecule has 0 amide bonds. The third-order valence-electron chi connectivity index (χ3n) is 19.2. The maximum Gasteiger partial charge on any atom is 1.00 e. The van der Waals surface area contributed by atoms with Crippen molar-refractivity contribution >= 4 is 60.1 Å². The predicted molar refractivity (Wildman–Crippen MR) is 293 cm³/mol. The average molecular weight is 1070 g/mol. The number of aliphatic hydroxyl groups excluding tert-OH is 2. The van der Waals surface area contributed by atoms with E-state index in [1.165, 1.54) is 84.0 Å². The molecule has 2 heterocycles. The van der Waals surface area contributed by atoms with Crippen LogP contribution in [0.3, 0.4) is 0 Å². The minimum absolute atomic E-state index is 0. The zero-order valence-corrected chi connectivity index (χ0v) is 48.4. The summed E-state index contributed by atoms with van der Waals surface area (Å²) in [4.78, 5) is 43.9. The molecule has 3 radical (unpaired) electrons. The van der Waals surface area contributed by atoms with Gasteiger partial charge in [-0.25, -0.2) is 18.7 Å². The van der Waals surface area contributed by atoms with E-state index >= 15 is 0 Å². The number of ether oxygens (including phenoxy) is 2. The van der Waals surface area contributed by atoms with E-state index in [0.29, 0.717) is 35.5 Å². The summed E-state index contributed by atoms with van der Waals surface area (Å²) in [5.41, 5.74) is 7.77. The number of fused-ring (bicyclic) bond motifs is 14. The van der Waals surface area contributed by atoms with Crippen LogP contribution in [0.25, 0.3) is 32.3 Å². The van der Waals surface area contributed by atoms with Crippen molar-refractivity contribution in [2.75, 3.05) is 7.11 Å². The number of aromatic nitrogens is 2. The number of esters is 3. The van der Waals surface area contributed by atoms with Crippen molar-refractivity contribution in [3.63, 3.8) is 0 Å². The van der Waals surface area contributed by atoms with Crippen LogP contribution in [0, 0.1) is 68.8 Å². The number of halogens is 2. The first-order chi connectivity index (χ1) is 34.3. The minimum atomic E-state index is -0.562. The summed E-state index contributed by atoms with van der Waals surface area (Å²) in [6.45, 7) is 13.6. The molecular formula is C60H77BF2N2NaO7S2. The third-order valence-corrected chi connectivity index (χ3v) is 21.5. The summed E-state index contributed by atoms with van der Waals surface area (Å²) < 4.78 is 37.4. The van der Waals surface area contributed by atoms with Gasteiger partial charge in [-0.05, 0) is 177 Å². The Morgan fingerprint density at radius 1 is 0.640 bits per heavy atom. The van der Waals surface area contributed by atoms with Crippen molar-refractivity contribution in [3.8, 4) is 21.1 Å². The van der Waals surface area contributed by atoms with Crippen LogP contribution < -0.4 is 29.6 Å².